The molecule has 138 valence electrons. The minimum atomic E-state index is 0.0253. The number of hydrogen-bond acceptors (Lipinski definition) is 3. The van der Waals surface area contributed by atoms with Gasteiger partial charge in [-0.25, -0.2) is 4.79 Å². The predicted octanol–water partition coefficient (Wildman–Crippen LogP) is 2.96. The van der Waals surface area contributed by atoms with Crippen LogP contribution in [0.1, 0.15) is 43.7 Å². The number of aliphatic hydroxyl groups is 1. The van der Waals surface area contributed by atoms with Crippen LogP contribution in [-0.2, 0) is 4.74 Å². The standard InChI is InChI=1S/C20H30N2O3/c23-15-17-6-10-22(11-7-17)20(24)21-19(18-4-2-1-3-5-18)14-16-8-12-25-13-9-16/h1-5,16-17,19,23H,6-15H2,(H,21,24). The Bertz CT molecular complexity index is 523. The Morgan fingerprint density at radius 2 is 1.80 bits per heavy atom. The molecule has 1 unspecified atom stereocenters. The fourth-order valence-electron chi connectivity index (χ4n) is 3.84. The van der Waals surface area contributed by atoms with Crippen molar-refractivity contribution in [2.45, 2.75) is 38.1 Å². The fourth-order valence-corrected chi connectivity index (χ4v) is 3.84. The Morgan fingerprint density at radius 3 is 2.44 bits per heavy atom. The molecule has 0 radical (unpaired) electrons. The van der Waals surface area contributed by atoms with E-state index in [1.165, 1.54) is 5.56 Å². The third kappa shape index (κ3) is 5.19. The molecule has 1 aromatic carbocycles. The van der Waals surface area contributed by atoms with Crippen molar-refractivity contribution < 1.29 is 14.6 Å². The van der Waals surface area contributed by atoms with Crippen LogP contribution >= 0.6 is 0 Å². The van der Waals surface area contributed by atoms with Crippen LogP contribution in [0.4, 0.5) is 4.79 Å². The van der Waals surface area contributed by atoms with Gasteiger partial charge in [0.15, 0.2) is 0 Å². The molecular weight excluding hydrogens is 316 g/mol. The lowest BCUT2D eigenvalue weighted by Gasteiger charge is -2.34. The Balaban J connectivity index is 1.61. The minimum absolute atomic E-state index is 0.0253. The van der Waals surface area contributed by atoms with Crippen LogP contribution in [0.15, 0.2) is 30.3 Å². The number of likely N-dealkylation sites (tertiary alicyclic amines) is 1. The number of carbonyl (C=O) groups is 1. The van der Waals surface area contributed by atoms with Gasteiger partial charge in [0.1, 0.15) is 0 Å². The summed E-state index contributed by atoms with van der Waals surface area (Å²) in [5, 5.41) is 12.5. The minimum Gasteiger partial charge on any atom is -0.396 e. The van der Waals surface area contributed by atoms with Gasteiger partial charge in [0.25, 0.3) is 0 Å². The first-order valence-electron chi connectivity index (χ1n) is 9.55. The number of hydrogen-bond donors (Lipinski definition) is 2. The third-order valence-corrected chi connectivity index (χ3v) is 5.57. The van der Waals surface area contributed by atoms with Gasteiger partial charge in [0.2, 0.25) is 0 Å². The summed E-state index contributed by atoms with van der Waals surface area (Å²) in [6.07, 6.45) is 4.88. The molecule has 2 fully saturated rings. The molecule has 2 aliphatic heterocycles. The first kappa shape index (κ1) is 18.2. The van der Waals surface area contributed by atoms with Gasteiger partial charge < -0.3 is 20.1 Å². The Labute approximate surface area is 150 Å². The SMILES string of the molecule is O=C(NC(CC1CCOCC1)c1ccccc1)N1CCC(CO)CC1. The second kappa shape index (κ2) is 9.20. The summed E-state index contributed by atoms with van der Waals surface area (Å²) in [7, 11) is 0. The number of amides is 2. The average molecular weight is 346 g/mol. The predicted molar refractivity (Wildman–Crippen MR) is 97.3 cm³/mol. The highest BCUT2D eigenvalue weighted by molar-refractivity contribution is 5.74. The zero-order valence-corrected chi connectivity index (χ0v) is 14.9. The van der Waals surface area contributed by atoms with Crippen molar-refractivity contribution in [1.29, 1.82) is 0 Å². The summed E-state index contributed by atoms with van der Waals surface area (Å²) in [6.45, 7) is 3.35. The van der Waals surface area contributed by atoms with Crippen molar-refractivity contribution in [3.05, 3.63) is 35.9 Å². The molecule has 0 spiro atoms. The van der Waals surface area contributed by atoms with Crippen molar-refractivity contribution in [3.63, 3.8) is 0 Å². The van der Waals surface area contributed by atoms with Gasteiger partial charge >= 0.3 is 6.03 Å². The van der Waals surface area contributed by atoms with Gasteiger partial charge in [-0.2, -0.15) is 0 Å². The van der Waals surface area contributed by atoms with Crippen molar-refractivity contribution in [2.24, 2.45) is 11.8 Å². The van der Waals surface area contributed by atoms with Crippen LogP contribution in [0.2, 0.25) is 0 Å². The lowest BCUT2D eigenvalue weighted by molar-refractivity contribution is 0.0604. The summed E-state index contributed by atoms with van der Waals surface area (Å²) >= 11 is 0. The van der Waals surface area contributed by atoms with Gasteiger partial charge in [-0.05, 0) is 49.5 Å². The maximum atomic E-state index is 12.7. The average Bonchev–Trinajstić information content (AvgIpc) is 2.69. The van der Waals surface area contributed by atoms with Gasteiger partial charge in [0, 0.05) is 32.9 Å². The summed E-state index contributed by atoms with van der Waals surface area (Å²) in [5.41, 5.74) is 1.17. The molecule has 5 nitrogen and oxygen atoms in total. The molecule has 0 saturated carbocycles. The number of piperidine rings is 1. The molecule has 2 aliphatic rings. The first-order chi connectivity index (χ1) is 12.3. The van der Waals surface area contributed by atoms with Crippen LogP contribution in [0.25, 0.3) is 0 Å². The molecule has 0 bridgehead atoms. The molecule has 2 heterocycles. The Morgan fingerprint density at radius 1 is 1.12 bits per heavy atom. The largest absolute Gasteiger partial charge is 0.396 e. The maximum absolute atomic E-state index is 12.7. The summed E-state index contributed by atoms with van der Waals surface area (Å²) in [5.74, 6) is 0.940. The highest BCUT2D eigenvalue weighted by Crippen LogP contribution is 2.28. The molecule has 3 rings (SSSR count). The fraction of sp³-hybridized carbons (Fsp3) is 0.650. The number of urea groups is 1. The smallest absolute Gasteiger partial charge is 0.317 e. The number of benzene rings is 1. The molecule has 2 N–H and O–H groups in total. The first-order valence-corrected chi connectivity index (χ1v) is 9.55. The summed E-state index contributed by atoms with van der Waals surface area (Å²) < 4.78 is 5.47. The van der Waals surface area contributed by atoms with E-state index in [0.717, 1.165) is 58.4 Å². The monoisotopic (exact) mass is 346 g/mol. The summed E-state index contributed by atoms with van der Waals surface area (Å²) in [4.78, 5) is 14.6. The topological polar surface area (TPSA) is 61.8 Å². The van der Waals surface area contributed by atoms with Gasteiger partial charge in [-0.1, -0.05) is 30.3 Å². The number of carbonyl (C=O) groups excluding carboxylic acids is 1. The molecule has 2 saturated heterocycles. The van der Waals surface area contributed by atoms with Crippen molar-refractivity contribution >= 4 is 6.03 Å². The molecule has 0 aromatic heterocycles. The van der Waals surface area contributed by atoms with Crippen LogP contribution < -0.4 is 5.32 Å². The van der Waals surface area contributed by atoms with Gasteiger partial charge in [-0.3, -0.25) is 0 Å². The number of ether oxygens (including phenoxy) is 1. The highest BCUT2D eigenvalue weighted by Gasteiger charge is 2.26. The molecule has 0 aliphatic carbocycles. The highest BCUT2D eigenvalue weighted by atomic mass is 16.5. The number of nitrogens with one attached hydrogen (secondary N) is 1. The molecule has 5 heteroatoms. The molecule has 25 heavy (non-hydrogen) atoms. The van der Waals surface area contributed by atoms with Crippen LogP contribution in [0.5, 0.6) is 0 Å². The van der Waals surface area contributed by atoms with Gasteiger partial charge in [-0.15, -0.1) is 0 Å². The van der Waals surface area contributed by atoms with E-state index in [1.54, 1.807) is 0 Å². The molecule has 1 atom stereocenters. The van der Waals surface area contributed by atoms with Crippen molar-refractivity contribution in [1.82, 2.24) is 10.2 Å². The summed E-state index contributed by atoms with van der Waals surface area (Å²) in [6, 6.07) is 10.3. The van der Waals surface area contributed by atoms with E-state index in [1.807, 2.05) is 23.1 Å². The lowest BCUT2D eigenvalue weighted by Crippen LogP contribution is -2.46. The maximum Gasteiger partial charge on any atom is 0.317 e. The quantitative estimate of drug-likeness (QED) is 0.862. The molecular formula is C20H30N2O3. The van der Waals surface area contributed by atoms with E-state index in [4.69, 9.17) is 4.74 Å². The Hall–Kier alpha value is -1.59. The normalized spacial score (nSPS) is 21.1. The van der Waals surface area contributed by atoms with Crippen LogP contribution in [0.3, 0.4) is 0 Å². The van der Waals surface area contributed by atoms with E-state index in [-0.39, 0.29) is 18.7 Å². The number of nitrogens with zero attached hydrogens (tertiary/aromatic N) is 1. The zero-order chi connectivity index (χ0) is 17.5. The van der Waals surface area contributed by atoms with Gasteiger partial charge in [0.05, 0.1) is 6.04 Å². The Kier molecular flexibility index (Phi) is 6.70. The molecule has 2 amide bonds. The molecule has 1 aromatic rings. The van der Waals surface area contributed by atoms with Crippen molar-refractivity contribution in [2.75, 3.05) is 32.9 Å². The lowest BCUT2D eigenvalue weighted by atomic mass is 9.89. The number of rotatable bonds is 5. The van der Waals surface area contributed by atoms with E-state index in [2.05, 4.69) is 17.4 Å². The zero-order valence-electron chi connectivity index (χ0n) is 14.9. The van der Waals surface area contributed by atoms with E-state index in [9.17, 15) is 9.90 Å². The third-order valence-electron chi connectivity index (χ3n) is 5.57. The van der Waals surface area contributed by atoms with E-state index >= 15 is 0 Å². The second-order valence-corrected chi connectivity index (χ2v) is 7.32. The van der Waals surface area contributed by atoms with E-state index in [0.29, 0.717) is 11.8 Å². The van der Waals surface area contributed by atoms with Crippen LogP contribution in [-0.4, -0.2) is 48.9 Å². The van der Waals surface area contributed by atoms with Crippen LogP contribution in [0, 0.1) is 11.8 Å². The van der Waals surface area contributed by atoms with E-state index < -0.39 is 0 Å². The second-order valence-electron chi connectivity index (χ2n) is 7.32. The number of aliphatic hydroxyl groups excluding tert-OH is 1. The van der Waals surface area contributed by atoms with Crippen molar-refractivity contribution in [3.8, 4) is 0 Å².